The summed E-state index contributed by atoms with van der Waals surface area (Å²) in [5.41, 5.74) is 4.13. The van der Waals surface area contributed by atoms with Crippen molar-refractivity contribution in [2.45, 2.75) is 11.8 Å². The highest BCUT2D eigenvalue weighted by molar-refractivity contribution is 7.11. The highest BCUT2D eigenvalue weighted by Crippen LogP contribution is 2.42. The van der Waals surface area contributed by atoms with Crippen molar-refractivity contribution in [3.63, 3.8) is 0 Å². The first-order valence-corrected chi connectivity index (χ1v) is 13.3. The molecule has 0 amide bonds. The number of hydrogen-bond acceptors (Lipinski definition) is 5. The smallest absolute Gasteiger partial charge is 0.238 e. The van der Waals surface area contributed by atoms with Crippen molar-refractivity contribution in [1.29, 1.82) is 0 Å². The van der Waals surface area contributed by atoms with Gasteiger partial charge in [0.1, 0.15) is 5.75 Å². The molecule has 0 fully saturated rings. The van der Waals surface area contributed by atoms with E-state index in [1.165, 1.54) is 10.5 Å². The third-order valence-electron chi connectivity index (χ3n) is 6.64. The van der Waals surface area contributed by atoms with Gasteiger partial charge in [-0.15, -0.1) is 11.3 Å². The number of ether oxygens (including phenoxy) is 1. The predicted octanol–water partition coefficient (Wildman–Crippen LogP) is 8.20. The molecule has 0 N–H and O–H groups in total. The van der Waals surface area contributed by atoms with E-state index >= 15 is 0 Å². The molecule has 2 heterocycles. The van der Waals surface area contributed by atoms with Crippen LogP contribution in [-0.2, 0) is 5.41 Å². The van der Waals surface area contributed by atoms with E-state index in [9.17, 15) is 4.79 Å². The third kappa shape index (κ3) is 4.97. The second-order valence-electron chi connectivity index (χ2n) is 9.13. The van der Waals surface area contributed by atoms with Crippen molar-refractivity contribution in [1.82, 2.24) is 9.97 Å². The maximum atomic E-state index is 13.0. The summed E-state index contributed by atoms with van der Waals surface area (Å²) in [6, 6.07) is 29.3. The second kappa shape index (κ2) is 10.4. The Hall–Kier alpha value is -4.61. The SMILES string of the molecule is O=C(C=CC1(c2ccc(Oc3cnc4ccccc4n3)cc2)C=CC=C(c2cccs2)C1)c1ccccc1. The van der Waals surface area contributed by atoms with E-state index < -0.39 is 5.41 Å². The number of rotatable bonds is 7. The molecule has 1 aliphatic rings. The number of aromatic nitrogens is 2. The molecule has 38 heavy (non-hydrogen) atoms. The Morgan fingerprint density at radius 2 is 1.68 bits per heavy atom. The molecule has 0 saturated carbocycles. The van der Waals surface area contributed by atoms with Crippen molar-refractivity contribution in [2.24, 2.45) is 0 Å². The largest absolute Gasteiger partial charge is 0.437 e. The maximum Gasteiger partial charge on any atom is 0.238 e. The zero-order chi connectivity index (χ0) is 25.8. The number of benzene rings is 3. The fourth-order valence-electron chi connectivity index (χ4n) is 4.67. The highest BCUT2D eigenvalue weighted by atomic mass is 32.1. The van der Waals surface area contributed by atoms with Gasteiger partial charge in [-0.1, -0.05) is 85.0 Å². The van der Waals surface area contributed by atoms with Crippen molar-refractivity contribution in [3.8, 4) is 11.6 Å². The molecule has 1 atom stereocenters. The summed E-state index contributed by atoms with van der Waals surface area (Å²) >= 11 is 1.72. The minimum absolute atomic E-state index is 0.0135. The molecule has 0 bridgehead atoms. The van der Waals surface area contributed by atoms with Crippen molar-refractivity contribution < 1.29 is 9.53 Å². The first-order chi connectivity index (χ1) is 18.7. The van der Waals surface area contributed by atoms with Crippen LogP contribution in [0.4, 0.5) is 0 Å². The van der Waals surface area contributed by atoms with E-state index in [0.717, 1.165) is 23.0 Å². The zero-order valence-electron chi connectivity index (χ0n) is 20.5. The van der Waals surface area contributed by atoms with Crippen LogP contribution in [0.25, 0.3) is 16.6 Å². The Morgan fingerprint density at radius 1 is 0.895 bits per heavy atom. The molecule has 4 nitrogen and oxygen atoms in total. The molecule has 2 aromatic heterocycles. The molecule has 0 aliphatic heterocycles. The van der Waals surface area contributed by atoms with E-state index in [1.807, 2.05) is 72.8 Å². The lowest BCUT2D eigenvalue weighted by molar-refractivity contribution is 0.104. The number of hydrogen-bond donors (Lipinski definition) is 0. The first kappa shape index (κ1) is 23.8. The normalized spacial score (nSPS) is 17.0. The van der Waals surface area contributed by atoms with Gasteiger partial charge in [0.25, 0.3) is 0 Å². The summed E-state index contributed by atoms with van der Waals surface area (Å²) in [5.74, 6) is 1.10. The summed E-state index contributed by atoms with van der Waals surface area (Å²) in [6.07, 6.45) is 12.5. The Labute approximate surface area is 225 Å². The van der Waals surface area contributed by atoms with Crippen LogP contribution in [0.1, 0.15) is 27.2 Å². The van der Waals surface area contributed by atoms with Crippen LogP contribution in [0, 0.1) is 0 Å². The van der Waals surface area contributed by atoms with E-state index in [4.69, 9.17) is 4.74 Å². The predicted molar refractivity (Wildman–Crippen MR) is 154 cm³/mol. The molecule has 5 aromatic rings. The Kier molecular flexibility index (Phi) is 6.51. The number of allylic oxidation sites excluding steroid dienone is 6. The molecule has 0 radical (unpaired) electrons. The van der Waals surface area contributed by atoms with Gasteiger partial charge in [0, 0.05) is 15.9 Å². The topological polar surface area (TPSA) is 52.1 Å². The fraction of sp³-hybridized carbons (Fsp3) is 0.0606. The quantitative estimate of drug-likeness (QED) is 0.163. The van der Waals surface area contributed by atoms with E-state index in [0.29, 0.717) is 17.2 Å². The van der Waals surface area contributed by atoms with Crippen molar-refractivity contribution in [3.05, 3.63) is 149 Å². The number of para-hydroxylation sites is 2. The van der Waals surface area contributed by atoms with Gasteiger partial charge in [0.2, 0.25) is 5.88 Å². The average Bonchev–Trinajstić information content (AvgIpc) is 3.52. The van der Waals surface area contributed by atoms with Crippen molar-refractivity contribution >= 4 is 33.7 Å². The maximum absolute atomic E-state index is 13.0. The van der Waals surface area contributed by atoms with Gasteiger partial charge in [-0.05, 0) is 59.3 Å². The molecule has 6 rings (SSSR count). The number of fused-ring (bicyclic) bond motifs is 1. The highest BCUT2D eigenvalue weighted by Gasteiger charge is 2.31. The number of thiophene rings is 1. The molecule has 1 aliphatic carbocycles. The monoisotopic (exact) mass is 512 g/mol. The van der Waals surface area contributed by atoms with Gasteiger partial charge in [0.05, 0.1) is 17.2 Å². The summed E-state index contributed by atoms with van der Waals surface area (Å²) < 4.78 is 6.02. The lowest BCUT2D eigenvalue weighted by atomic mass is 9.72. The average molecular weight is 513 g/mol. The van der Waals surface area contributed by atoms with Gasteiger partial charge in [0.15, 0.2) is 5.78 Å². The zero-order valence-corrected chi connectivity index (χ0v) is 21.3. The first-order valence-electron chi connectivity index (χ1n) is 12.4. The van der Waals surface area contributed by atoms with Gasteiger partial charge >= 0.3 is 0 Å². The molecule has 5 heteroatoms. The molecular weight excluding hydrogens is 488 g/mol. The summed E-state index contributed by atoms with van der Waals surface area (Å²) in [5, 5.41) is 2.09. The van der Waals surface area contributed by atoms with Gasteiger partial charge in [-0.3, -0.25) is 4.79 Å². The fourth-order valence-corrected chi connectivity index (χ4v) is 5.43. The number of ketones is 1. The Bertz CT molecular complexity index is 1670. The molecule has 0 spiro atoms. The molecular formula is C33H24N2O2S. The number of carbonyl (C=O) groups excluding carboxylic acids is 1. The van der Waals surface area contributed by atoms with Crippen LogP contribution >= 0.6 is 11.3 Å². The molecule has 1 unspecified atom stereocenters. The van der Waals surface area contributed by atoms with Crippen LogP contribution in [0.3, 0.4) is 0 Å². The van der Waals surface area contributed by atoms with Crippen LogP contribution in [0.2, 0.25) is 0 Å². The lowest BCUT2D eigenvalue weighted by Crippen LogP contribution is -2.23. The van der Waals surface area contributed by atoms with E-state index in [2.05, 4.69) is 57.8 Å². The minimum atomic E-state index is -0.472. The van der Waals surface area contributed by atoms with Crippen LogP contribution in [0.5, 0.6) is 11.6 Å². The van der Waals surface area contributed by atoms with Crippen LogP contribution < -0.4 is 4.74 Å². The summed E-state index contributed by atoms with van der Waals surface area (Å²) in [7, 11) is 0. The summed E-state index contributed by atoms with van der Waals surface area (Å²) in [4.78, 5) is 23.2. The van der Waals surface area contributed by atoms with Gasteiger partial charge < -0.3 is 4.74 Å². The third-order valence-corrected chi connectivity index (χ3v) is 7.59. The number of carbonyl (C=O) groups is 1. The van der Waals surface area contributed by atoms with Crippen LogP contribution in [0.15, 0.2) is 133 Å². The molecule has 184 valence electrons. The minimum Gasteiger partial charge on any atom is -0.437 e. The Morgan fingerprint density at radius 3 is 2.47 bits per heavy atom. The van der Waals surface area contributed by atoms with Crippen LogP contribution in [-0.4, -0.2) is 15.8 Å². The van der Waals surface area contributed by atoms with E-state index in [-0.39, 0.29) is 5.78 Å². The number of nitrogens with zero attached hydrogens (tertiary/aromatic N) is 2. The second-order valence-corrected chi connectivity index (χ2v) is 10.1. The lowest BCUT2D eigenvalue weighted by Gasteiger charge is -2.31. The molecule has 3 aromatic carbocycles. The van der Waals surface area contributed by atoms with Gasteiger partial charge in [-0.2, -0.15) is 0 Å². The van der Waals surface area contributed by atoms with Crippen molar-refractivity contribution in [2.75, 3.05) is 0 Å². The van der Waals surface area contributed by atoms with E-state index in [1.54, 1.807) is 23.6 Å². The Balaban J connectivity index is 1.30. The summed E-state index contributed by atoms with van der Waals surface area (Å²) in [6.45, 7) is 0. The standard InChI is InChI=1S/C33H24N2O2S/c36-30(24-8-2-1-3-9-24)18-20-33(19-6-10-25(22-33)31-13-7-21-38-31)26-14-16-27(17-15-26)37-32-23-34-28-11-4-5-12-29(28)35-32/h1-21,23H,22H2. The molecule has 0 saturated heterocycles. The van der Waals surface area contributed by atoms with Gasteiger partial charge in [-0.25, -0.2) is 9.97 Å².